The van der Waals surface area contributed by atoms with Crippen LogP contribution in [0.5, 0.6) is 11.5 Å². The summed E-state index contributed by atoms with van der Waals surface area (Å²) in [7, 11) is 3.48. The number of rotatable bonds is 9. The van der Waals surface area contributed by atoms with Gasteiger partial charge in [0.2, 0.25) is 0 Å². The third-order valence-electron chi connectivity index (χ3n) is 4.54. The summed E-state index contributed by atoms with van der Waals surface area (Å²) in [6.45, 7) is 7.90. The van der Waals surface area contributed by atoms with Crippen molar-refractivity contribution in [2.75, 3.05) is 46.9 Å². The fourth-order valence-corrected chi connectivity index (χ4v) is 3.08. The second-order valence-corrected chi connectivity index (χ2v) is 6.59. The highest BCUT2D eigenvalue weighted by Gasteiger charge is 2.10. The van der Waals surface area contributed by atoms with Crippen LogP contribution in [0.3, 0.4) is 0 Å². The molecular weight excluding hydrogens is 455 g/mol. The predicted octanol–water partition coefficient (Wildman–Crippen LogP) is 3.25. The molecule has 0 unspecified atom stereocenters. The predicted molar refractivity (Wildman–Crippen MR) is 123 cm³/mol. The third-order valence-corrected chi connectivity index (χ3v) is 4.54. The van der Waals surface area contributed by atoms with Crippen LogP contribution < -0.4 is 20.1 Å². The van der Waals surface area contributed by atoms with Crippen molar-refractivity contribution in [1.29, 1.82) is 0 Å². The molecule has 1 aliphatic rings. The molecule has 2 N–H and O–H groups in total. The van der Waals surface area contributed by atoms with Crippen LogP contribution in [-0.2, 0) is 6.54 Å². The van der Waals surface area contributed by atoms with Crippen molar-refractivity contribution in [3.8, 4) is 11.5 Å². The van der Waals surface area contributed by atoms with Crippen LogP contribution >= 0.6 is 24.0 Å². The average Bonchev–Trinajstić information content (AvgIpc) is 2.70. The number of hydrogen-bond acceptors (Lipinski definition) is 4. The molecule has 6 nitrogen and oxygen atoms in total. The quantitative estimate of drug-likeness (QED) is 0.316. The third kappa shape index (κ3) is 8.55. The number of ether oxygens (including phenoxy) is 2. The van der Waals surface area contributed by atoms with Crippen LogP contribution in [-0.4, -0.2) is 57.8 Å². The monoisotopic (exact) mass is 490 g/mol. The van der Waals surface area contributed by atoms with E-state index in [1.54, 1.807) is 14.2 Å². The number of likely N-dealkylation sites (tertiary alicyclic amines) is 1. The summed E-state index contributed by atoms with van der Waals surface area (Å²) in [4.78, 5) is 6.82. The Hall–Kier alpha value is -1.22. The summed E-state index contributed by atoms with van der Waals surface area (Å²) in [6, 6.07) is 6.04. The molecule has 0 saturated carbocycles. The number of piperidine rings is 1. The van der Waals surface area contributed by atoms with Crippen molar-refractivity contribution >= 4 is 29.9 Å². The van der Waals surface area contributed by atoms with E-state index in [-0.39, 0.29) is 24.0 Å². The molecule has 1 saturated heterocycles. The molecule has 1 aromatic carbocycles. The van der Waals surface area contributed by atoms with E-state index in [0.717, 1.165) is 42.5 Å². The van der Waals surface area contributed by atoms with Gasteiger partial charge in [0.25, 0.3) is 0 Å². The lowest BCUT2D eigenvalue weighted by atomic mass is 10.1. The molecule has 27 heavy (non-hydrogen) atoms. The van der Waals surface area contributed by atoms with Gasteiger partial charge in [0.15, 0.2) is 17.5 Å². The molecule has 0 bridgehead atoms. The van der Waals surface area contributed by atoms with E-state index in [2.05, 4.69) is 33.5 Å². The van der Waals surface area contributed by atoms with Gasteiger partial charge in [0.05, 0.1) is 13.7 Å². The van der Waals surface area contributed by atoms with Crippen molar-refractivity contribution in [2.24, 2.45) is 4.99 Å². The van der Waals surface area contributed by atoms with Gasteiger partial charge in [-0.05, 0) is 50.0 Å². The Bertz CT molecular complexity index is 563. The maximum Gasteiger partial charge on any atom is 0.191 e. The first kappa shape index (κ1) is 23.8. The lowest BCUT2D eigenvalue weighted by molar-refractivity contribution is 0.232. The summed E-state index contributed by atoms with van der Waals surface area (Å²) in [6.07, 6.45) is 5.00. The second-order valence-electron chi connectivity index (χ2n) is 6.59. The van der Waals surface area contributed by atoms with Gasteiger partial charge in [-0.1, -0.05) is 19.4 Å². The largest absolute Gasteiger partial charge is 0.493 e. The normalized spacial score (nSPS) is 15.0. The van der Waals surface area contributed by atoms with Crippen molar-refractivity contribution in [1.82, 2.24) is 15.5 Å². The van der Waals surface area contributed by atoms with E-state index in [9.17, 15) is 0 Å². The molecule has 1 aliphatic heterocycles. The molecule has 2 rings (SSSR count). The Morgan fingerprint density at radius 2 is 1.93 bits per heavy atom. The van der Waals surface area contributed by atoms with E-state index in [1.165, 1.54) is 32.4 Å². The zero-order valence-corrected chi connectivity index (χ0v) is 19.3. The highest BCUT2D eigenvalue weighted by atomic mass is 127. The molecule has 154 valence electrons. The van der Waals surface area contributed by atoms with Crippen LogP contribution in [0.4, 0.5) is 0 Å². The molecule has 0 aromatic heterocycles. The van der Waals surface area contributed by atoms with Crippen LogP contribution in [0.15, 0.2) is 23.2 Å². The van der Waals surface area contributed by atoms with Crippen LogP contribution in [0.1, 0.15) is 38.2 Å². The van der Waals surface area contributed by atoms with Crippen LogP contribution in [0.2, 0.25) is 0 Å². The molecular formula is C20H35IN4O2. The molecule has 0 spiro atoms. The molecule has 7 heteroatoms. The molecule has 1 aromatic rings. The number of hydrogen-bond donors (Lipinski definition) is 2. The van der Waals surface area contributed by atoms with Gasteiger partial charge in [-0.25, -0.2) is 0 Å². The maximum absolute atomic E-state index is 5.70. The van der Waals surface area contributed by atoms with Crippen LogP contribution in [0, 0.1) is 0 Å². The van der Waals surface area contributed by atoms with Crippen LogP contribution in [0.25, 0.3) is 0 Å². The van der Waals surface area contributed by atoms with E-state index in [1.807, 2.05) is 12.1 Å². The summed E-state index contributed by atoms with van der Waals surface area (Å²) < 4.78 is 11.1. The topological polar surface area (TPSA) is 58.1 Å². The first-order valence-corrected chi connectivity index (χ1v) is 9.73. The fraction of sp³-hybridized carbons (Fsp3) is 0.650. The molecule has 0 amide bonds. The molecule has 0 atom stereocenters. The SMILES string of the molecule is CCCOc1ccc(CNC(=NC)NCCN2CCCCC2)cc1OC.I. The Morgan fingerprint density at radius 1 is 1.15 bits per heavy atom. The van der Waals surface area contributed by atoms with Gasteiger partial charge in [0.1, 0.15) is 0 Å². The molecule has 0 radical (unpaired) electrons. The number of methoxy groups -OCH3 is 1. The summed E-state index contributed by atoms with van der Waals surface area (Å²) in [5.74, 6) is 2.39. The summed E-state index contributed by atoms with van der Waals surface area (Å²) in [5, 5.41) is 6.76. The van der Waals surface area contributed by atoms with Gasteiger partial charge in [0, 0.05) is 26.7 Å². The maximum atomic E-state index is 5.70. The standard InChI is InChI=1S/C20H34N4O2.HI/c1-4-14-26-18-9-8-17(15-19(18)25-3)16-23-20(21-2)22-10-13-24-11-6-5-7-12-24;/h8-9,15H,4-7,10-14,16H2,1-3H3,(H2,21,22,23);1H. The summed E-state index contributed by atoms with van der Waals surface area (Å²) in [5.41, 5.74) is 1.13. The Balaban J connectivity index is 0.00000364. The van der Waals surface area contributed by atoms with Crippen molar-refractivity contribution in [3.63, 3.8) is 0 Å². The number of guanidine groups is 1. The van der Waals surface area contributed by atoms with Crippen molar-refractivity contribution in [3.05, 3.63) is 23.8 Å². The van der Waals surface area contributed by atoms with Gasteiger partial charge < -0.3 is 25.0 Å². The minimum Gasteiger partial charge on any atom is -0.493 e. The highest BCUT2D eigenvalue weighted by molar-refractivity contribution is 14.0. The summed E-state index contributed by atoms with van der Waals surface area (Å²) >= 11 is 0. The van der Waals surface area contributed by atoms with Gasteiger partial charge in [-0.2, -0.15) is 0 Å². The van der Waals surface area contributed by atoms with Gasteiger partial charge >= 0.3 is 0 Å². The average molecular weight is 490 g/mol. The smallest absolute Gasteiger partial charge is 0.191 e. The van der Waals surface area contributed by atoms with Crippen molar-refractivity contribution < 1.29 is 9.47 Å². The Labute approximate surface area is 181 Å². The number of nitrogens with one attached hydrogen (secondary N) is 2. The zero-order chi connectivity index (χ0) is 18.6. The fourth-order valence-electron chi connectivity index (χ4n) is 3.08. The number of halogens is 1. The zero-order valence-electron chi connectivity index (χ0n) is 16.9. The second kappa shape index (κ2) is 13.9. The highest BCUT2D eigenvalue weighted by Crippen LogP contribution is 2.28. The van der Waals surface area contributed by atoms with Crippen molar-refractivity contribution in [2.45, 2.75) is 39.2 Å². The lowest BCUT2D eigenvalue weighted by Crippen LogP contribution is -2.42. The molecule has 1 fully saturated rings. The molecule has 1 heterocycles. The number of aliphatic imine (C=N–C) groups is 1. The minimum absolute atomic E-state index is 0. The lowest BCUT2D eigenvalue weighted by Gasteiger charge is -2.26. The number of nitrogens with zero attached hydrogens (tertiary/aromatic N) is 2. The first-order valence-electron chi connectivity index (χ1n) is 9.73. The van der Waals surface area contributed by atoms with E-state index in [0.29, 0.717) is 13.2 Å². The first-order chi connectivity index (χ1) is 12.8. The van der Waals surface area contributed by atoms with Gasteiger partial charge in [-0.3, -0.25) is 4.99 Å². The van der Waals surface area contributed by atoms with Gasteiger partial charge in [-0.15, -0.1) is 24.0 Å². The minimum atomic E-state index is 0. The Morgan fingerprint density at radius 3 is 2.59 bits per heavy atom. The van der Waals surface area contributed by atoms with E-state index < -0.39 is 0 Å². The van der Waals surface area contributed by atoms with E-state index in [4.69, 9.17) is 9.47 Å². The van der Waals surface area contributed by atoms with E-state index >= 15 is 0 Å². The molecule has 0 aliphatic carbocycles. The Kier molecular flexibility index (Phi) is 12.2. The number of benzene rings is 1.